The maximum absolute atomic E-state index is 12.5. The van der Waals surface area contributed by atoms with E-state index in [-0.39, 0.29) is 34.2 Å². The predicted molar refractivity (Wildman–Crippen MR) is 77.5 cm³/mol. The van der Waals surface area contributed by atoms with Gasteiger partial charge in [0.15, 0.2) is 10.3 Å². The molecule has 0 saturated carbocycles. The van der Waals surface area contributed by atoms with E-state index in [1.54, 1.807) is 0 Å². The Labute approximate surface area is 132 Å². The lowest BCUT2D eigenvalue weighted by Gasteiger charge is -2.28. The summed E-state index contributed by atoms with van der Waals surface area (Å²) in [5.41, 5.74) is -0.784. The molecule has 1 aliphatic heterocycles. The highest BCUT2D eigenvalue weighted by atomic mass is 35.5. The molecule has 1 atom stereocenters. The monoisotopic (exact) mass is 331 g/mol. The number of likely N-dealkylation sites (tertiary alicyclic amines) is 1. The predicted octanol–water partition coefficient (Wildman–Crippen LogP) is 2.36. The number of amides is 1. The molecule has 0 bridgehead atoms. The number of hydrogen-bond acceptors (Lipinski definition) is 4. The summed E-state index contributed by atoms with van der Waals surface area (Å²) in [4.78, 5) is 25.5. The number of nitrogens with zero attached hydrogens (tertiary/aromatic N) is 3. The third-order valence-electron chi connectivity index (χ3n) is 4.07. The second-order valence-corrected chi connectivity index (χ2v) is 6.21. The van der Waals surface area contributed by atoms with E-state index in [1.165, 1.54) is 11.0 Å². The zero-order valence-electron chi connectivity index (χ0n) is 11.6. The Kier molecular flexibility index (Phi) is 4.39. The van der Waals surface area contributed by atoms with E-state index >= 15 is 0 Å². The van der Waals surface area contributed by atoms with Crippen LogP contribution in [-0.2, 0) is 4.79 Å². The maximum atomic E-state index is 12.5. The fraction of sp³-hybridized carbons (Fsp3) is 0.538. The summed E-state index contributed by atoms with van der Waals surface area (Å²) in [6.07, 6.45) is 0.412. The summed E-state index contributed by atoms with van der Waals surface area (Å²) in [7, 11) is 0. The van der Waals surface area contributed by atoms with Gasteiger partial charge in [0.2, 0.25) is 0 Å². The summed E-state index contributed by atoms with van der Waals surface area (Å²) in [5, 5.41) is 16.7. The van der Waals surface area contributed by atoms with Crippen molar-refractivity contribution < 1.29 is 14.7 Å². The van der Waals surface area contributed by atoms with Crippen LogP contribution in [0.1, 0.15) is 30.6 Å². The Hall–Kier alpha value is -1.40. The molecule has 1 aromatic rings. The van der Waals surface area contributed by atoms with Crippen molar-refractivity contribution in [1.29, 1.82) is 0 Å². The molecule has 1 aliphatic rings. The molecule has 1 fully saturated rings. The Morgan fingerprint density at radius 2 is 2.05 bits per heavy atom. The van der Waals surface area contributed by atoms with Crippen LogP contribution in [0.5, 0.6) is 0 Å². The molecule has 6 nitrogen and oxygen atoms in total. The number of hydrogen-bond donors (Lipinski definition) is 1. The number of halogens is 2. The van der Waals surface area contributed by atoms with Crippen LogP contribution in [0.25, 0.3) is 0 Å². The SMILES string of the molecule is CC(C)C1(C(=O)O)CCN(C(=O)c2cc(Cl)nnc2Cl)C1. The molecule has 0 aliphatic carbocycles. The van der Waals surface area contributed by atoms with Gasteiger partial charge in [-0.3, -0.25) is 9.59 Å². The van der Waals surface area contributed by atoms with Gasteiger partial charge < -0.3 is 10.0 Å². The lowest BCUT2D eigenvalue weighted by atomic mass is 9.76. The molecule has 8 heteroatoms. The van der Waals surface area contributed by atoms with E-state index in [0.717, 1.165) is 0 Å². The van der Waals surface area contributed by atoms with Crippen LogP contribution in [0.2, 0.25) is 10.3 Å². The summed E-state index contributed by atoms with van der Waals surface area (Å²) in [6.45, 7) is 4.20. The van der Waals surface area contributed by atoms with Crippen molar-refractivity contribution in [3.8, 4) is 0 Å². The van der Waals surface area contributed by atoms with Gasteiger partial charge in [-0.25, -0.2) is 0 Å². The van der Waals surface area contributed by atoms with Crippen molar-refractivity contribution in [2.75, 3.05) is 13.1 Å². The largest absolute Gasteiger partial charge is 0.481 e. The highest BCUT2D eigenvalue weighted by molar-refractivity contribution is 6.34. The molecule has 1 saturated heterocycles. The second kappa shape index (κ2) is 5.77. The molecule has 1 aromatic heterocycles. The summed E-state index contributed by atoms with van der Waals surface area (Å²) < 4.78 is 0. The first kappa shape index (κ1) is 16.0. The van der Waals surface area contributed by atoms with Crippen molar-refractivity contribution in [1.82, 2.24) is 15.1 Å². The topological polar surface area (TPSA) is 83.4 Å². The summed E-state index contributed by atoms with van der Waals surface area (Å²) in [6, 6.07) is 1.34. The molecule has 114 valence electrons. The molecule has 0 aromatic carbocycles. The van der Waals surface area contributed by atoms with Gasteiger partial charge in [-0.05, 0) is 18.4 Å². The van der Waals surface area contributed by atoms with E-state index in [9.17, 15) is 14.7 Å². The normalized spacial score (nSPS) is 21.9. The van der Waals surface area contributed by atoms with Crippen LogP contribution in [-0.4, -0.2) is 45.2 Å². The number of rotatable bonds is 3. The molecular weight excluding hydrogens is 317 g/mol. The van der Waals surface area contributed by atoms with Gasteiger partial charge in [0.05, 0.1) is 11.0 Å². The Bertz CT molecular complexity index is 594. The lowest BCUT2D eigenvalue weighted by molar-refractivity contribution is -0.150. The minimum absolute atomic E-state index is 0.0400. The van der Waals surface area contributed by atoms with E-state index in [2.05, 4.69) is 10.2 Å². The van der Waals surface area contributed by atoms with Gasteiger partial charge >= 0.3 is 5.97 Å². The highest BCUT2D eigenvalue weighted by Crippen LogP contribution is 2.39. The zero-order chi connectivity index (χ0) is 15.8. The van der Waals surface area contributed by atoms with E-state index < -0.39 is 11.4 Å². The van der Waals surface area contributed by atoms with Crippen molar-refractivity contribution in [2.24, 2.45) is 11.3 Å². The first-order valence-corrected chi connectivity index (χ1v) is 7.25. The van der Waals surface area contributed by atoms with Crippen LogP contribution in [0, 0.1) is 11.3 Å². The van der Waals surface area contributed by atoms with Crippen LogP contribution in [0.4, 0.5) is 0 Å². The number of aromatic nitrogens is 2. The number of carbonyl (C=O) groups is 2. The first-order chi connectivity index (χ1) is 9.78. The number of carboxylic acids is 1. The number of carbonyl (C=O) groups excluding carboxylic acids is 1. The first-order valence-electron chi connectivity index (χ1n) is 6.49. The fourth-order valence-electron chi connectivity index (χ4n) is 2.57. The molecule has 2 rings (SSSR count). The molecular formula is C13H15Cl2N3O3. The van der Waals surface area contributed by atoms with Gasteiger partial charge in [-0.1, -0.05) is 37.0 Å². The molecule has 1 N–H and O–H groups in total. The van der Waals surface area contributed by atoms with Crippen molar-refractivity contribution in [3.63, 3.8) is 0 Å². The van der Waals surface area contributed by atoms with E-state index in [4.69, 9.17) is 23.2 Å². The summed E-state index contributed by atoms with van der Waals surface area (Å²) in [5.74, 6) is -1.34. The van der Waals surface area contributed by atoms with Gasteiger partial charge in [-0.2, -0.15) is 0 Å². The van der Waals surface area contributed by atoms with Crippen molar-refractivity contribution in [3.05, 3.63) is 21.9 Å². The molecule has 1 amide bonds. The van der Waals surface area contributed by atoms with E-state index in [1.807, 2.05) is 13.8 Å². The quantitative estimate of drug-likeness (QED) is 0.919. The number of aliphatic carboxylic acids is 1. The minimum Gasteiger partial charge on any atom is -0.481 e. The van der Waals surface area contributed by atoms with E-state index in [0.29, 0.717) is 13.0 Å². The van der Waals surface area contributed by atoms with Gasteiger partial charge in [0.25, 0.3) is 5.91 Å². The Balaban J connectivity index is 2.27. The van der Waals surface area contributed by atoms with Crippen LogP contribution >= 0.6 is 23.2 Å². The molecule has 0 spiro atoms. The van der Waals surface area contributed by atoms with Gasteiger partial charge in [-0.15, -0.1) is 10.2 Å². The molecule has 1 unspecified atom stereocenters. The fourth-order valence-corrected chi connectivity index (χ4v) is 2.89. The highest BCUT2D eigenvalue weighted by Gasteiger charge is 2.48. The smallest absolute Gasteiger partial charge is 0.311 e. The van der Waals surface area contributed by atoms with Crippen molar-refractivity contribution >= 4 is 35.1 Å². The average Bonchev–Trinajstić information content (AvgIpc) is 2.87. The Morgan fingerprint density at radius 1 is 1.38 bits per heavy atom. The van der Waals surface area contributed by atoms with Crippen LogP contribution in [0.3, 0.4) is 0 Å². The Morgan fingerprint density at radius 3 is 2.57 bits per heavy atom. The molecule has 21 heavy (non-hydrogen) atoms. The zero-order valence-corrected chi connectivity index (χ0v) is 13.1. The average molecular weight is 332 g/mol. The number of carboxylic acid groups (broad SMARTS) is 1. The minimum atomic E-state index is -0.924. The third kappa shape index (κ3) is 2.82. The summed E-state index contributed by atoms with van der Waals surface area (Å²) >= 11 is 11.6. The van der Waals surface area contributed by atoms with Gasteiger partial charge in [0.1, 0.15) is 0 Å². The molecule has 0 radical (unpaired) electrons. The lowest BCUT2D eigenvalue weighted by Crippen LogP contribution is -2.40. The second-order valence-electron chi connectivity index (χ2n) is 5.46. The maximum Gasteiger partial charge on any atom is 0.311 e. The standard InChI is InChI=1S/C13H15Cl2N3O3/c1-7(2)13(12(20)21)3-4-18(6-13)11(19)8-5-9(14)16-17-10(8)15/h5,7H,3-4,6H2,1-2H3,(H,20,21). The van der Waals surface area contributed by atoms with Crippen molar-refractivity contribution in [2.45, 2.75) is 20.3 Å². The van der Waals surface area contributed by atoms with Gasteiger partial charge in [0, 0.05) is 13.1 Å². The van der Waals surface area contributed by atoms with Crippen LogP contribution in [0.15, 0.2) is 6.07 Å². The molecule has 2 heterocycles. The van der Waals surface area contributed by atoms with Crippen LogP contribution < -0.4 is 0 Å². The third-order valence-corrected chi connectivity index (χ3v) is 4.53.